The minimum atomic E-state index is 0.167. The first-order chi connectivity index (χ1) is 8.79. The lowest BCUT2D eigenvalue weighted by molar-refractivity contribution is 0.589. The maximum absolute atomic E-state index is 4.46. The van der Waals surface area contributed by atoms with Crippen molar-refractivity contribution in [1.82, 2.24) is 9.97 Å². The molecule has 0 spiro atoms. The Morgan fingerprint density at radius 2 is 1.63 bits per heavy atom. The number of hydrogen-bond acceptors (Lipinski definition) is 2. The molecule has 19 heavy (non-hydrogen) atoms. The summed E-state index contributed by atoms with van der Waals surface area (Å²) in [6.07, 6.45) is 1.78. The molecule has 100 valence electrons. The van der Waals surface area contributed by atoms with Gasteiger partial charge in [-0.15, -0.1) is 0 Å². The van der Waals surface area contributed by atoms with Crippen LogP contribution >= 0.6 is 15.9 Å². The second-order valence-electron chi connectivity index (χ2n) is 5.95. The lowest BCUT2D eigenvalue weighted by Gasteiger charge is -2.22. The predicted molar refractivity (Wildman–Crippen MR) is 83.3 cm³/mol. The summed E-state index contributed by atoms with van der Waals surface area (Å²) in [5.41, 5.74) is 6.22. The van der Waals surface area contributed by atoms with Crippen LogP contribution in [0, 0.1) is 13.8 Å². The minimum absolute atomic E-state index is 0.167. The van der Waals surface area contributed by atoms with Gasteiger partial charge in [-0.1, -0.05) is 32.9 Å². The van der Waals surface area contributed by atoms with Crippen LogP contribution < -0.4 is 0 Å². The molecule has 0 fully saturated rings. The van der Waals surface area contributed by atoms with Gasteiger partial charge in [0, 0.05) is 11.8 Å². The minimum Gasteiger partial charge on any atom is -0.231 e. The highest BCUT2D eigenvalue weighted by Gasteiger charge is 2.17. The maximum Gasteiger partial charge on any atom is 0.197 e. The topological polar surface area (TPSA) is 25.8 Å². The van der Waals surface area contributed by atoms with Crippen molar-refractivity contribution in [3.8, 4) is 11.3 Å². The van der Waals surface area contributed by atoms with Gasteiger partial charge in [0.2, 0.25) is 0 Å². The molecule has 2 nitrogen and oxygen atoms in total. The summed E-state index contributed by atoms with van der Waals surface area (Å²) >= 11 is 3.33. The van der Waals surface area contributed by atoms with Crippen molar-refractivity contribution in [1.29, 1.82) is 0 Å². The number of nitrogens with zero attached hydrogens (tertiary/aromatic N) is 2. The highest BCUT2D eigenvalue weighted by molar-refractivity contribution is 9.10. The van der Waals surface area contributed by atoms with E-state index < -0.39 is 0 Å². The van der Waals surface area contributed by atoms with E-state index in [1.165, 1.54) is 22.3 Å². The normalized spacial score (nSPS) is 11.7. The highest BCUT2D eigenvalue weighted by atomic mass is 79.9. The molecule has 1 aromatic heterocycles. The zero-order valence-corrected chi connectivity index (χ0v) is 13.7. The summed E-state index contributed by atoms with van der Waals surface area (Å²) in [7, 11) is 0. The van der Waals surface area contributed by atoms with Gasteiger partial charge in [0.05, 0.1) is 5.69 Å². The molecule has 0 saturated carbocycles. The zero-order chi connectivity index (χ0) is 14.2. The van der Waals surface area contributed by atoms with Crippen molar-refractivity contribution in [2.75, 3.05) is 0 Å². The molecule has 0 aliphatic rings. The molecule has 0 bridgehead atoms. The summed E-state index contributed by atoms with van der Waals surface area (Å²) in [6, 6.07) is 6.48. The van der Waals surface area contributed by atoms with Crippen LogP contribution in [0.25, 0.3) is 11.3 Å². The molecule has 0 atom stereocenters. The molecule has 0 N–H and O–H groups in total. The van der Waals surface area contributed by atoms with E-state index in [1.54, 1.807) is 6.20 Å². The van der Waals surface area contributed by atoms with E-state index in [0.29, 0.717) is 4.73 Å². The second-order valence-corrected chi connectivity index (χ2v) is 6.66. The van der Waals surface area contributed by atoms with Gasteiger partial charge in [-0.05, 0) is 57.9 Å². The summed E-state index contributed by atoms with van der Waals surface area (Å²) in [5, 5.41) is 0. The summed E-state index contributed by atoms with van der Waals surface area (Å²) in [5.74, 6) is 0. The molecule has 0 radical (unpaired) electrons. The van der Waals surface area contributed by atoms with Gasteiger partial charge in [-0.3, -0.25) is 0 Å². The Bertz CT molecular complexity index is 589. The molecule has 2 rings (SSSR count). The number of halogens is 1. The molecular weight excluding hydrogens is 300 g/mol. The Kier molecular flexibility index (Phi) is 3.77. The van der Waals surface area contributed by atoms with Crippen LogP contribution in [-0.4, -0.2) is 9.97 Å². The Morgan fingerprint density at radius 1 is 1.05 bits per heavy atom. The first kappa shape index (κ1) is 14.2. The fourth-order valence-electron chi connectivity index (χ4n) is 2.27. The lowest BCUT2D eigenvalue weighted by atomic mass is 9.83. The number of benzene rings is 1. The lowest BCUT2D eigenvalue weighted by Crippen LogP contribution is -2.12. The van der Waals surface area contributed by atoms with Gasteiger partial charge in [0.15, 0.2) is 4.73 Å². The van der Waals surface area contributed by atoms with Gasteiger partial charge >= 0.3 is 0 Å². The van der Waals surface area contributed by atoms with Gasteiger partial charge in [0.1, 0.15) is 0 Å². The number of aryl methyl sites for hydroxylation is 2. The molecule has 0 amide bonds. The number of aromatic nitrogens is 2. The Morgan fingerprint density at radius 3 is 2.11 bits per heavy atom. The molecule has 0 unspecified atom stereocenters. The Labute approximate surface area is 123 Å². The van der Waals surface area contributed by atoms with Gasteiger partial charge < -0.3 is 0 Å². The molecule has 1 heterocycles. The van der Waals surface area contributed by atoms with Gasteiger partial charge in [-0.25, -0.2) is 9.97 Å². The van der Waals surface area contributed by atoms with E-state index >= 15 is 0 Å². The van der Waals surface area contributed by atoms with Crippen molar-refractivity contribution in [2.24, 2.45) is 0 Å². The maximum atomic E-state index is 4.46. The van der Waals surface area contributed by atoms with Crippen molar-refractivity contribution < 1.29 is 0 Å². The SMILES string of the molecule is Cc1cc(C(C)(C)C)cc(C)c1-c1ccnc(Br)n1. The third-order valence-electron chi connectivity index (χ3n) is 3.28. The van der Waals surface area contributed by atoms with Crippen molar-refractivity contribution in [3.05, 3.63) is 45.8 Å². The average Bonchev–Trinajstić information content (AvgIpc) is 2.26. The Balaban J connectivity index is 2.60. The molecule has 0 aliphatic heterocycles. The summed E-state index contributed by atoms with van der Waals surface area (Å²) in [4.78, 5) is 8.55. The van der Waals surface area contributed by atoms with Crippen molar-refractivity contribution >= 4 is 15.9 Å². The number of hydrogen-bond donors (Lipinski definition) is 0. The fraction of sp³-hybridized carbons (Fsp3) is 0.375. The van der Waals surface area contributed by atoms with E-state index in [0.717, 1.165) is 5.69 Å². The van der Waals surface area contributed by atoms with Gasteiger partial charge in [0.25, 0.3) is 0 Å². The quantitative estimate of drug-likeness (QED) is 0.704. The highest BCUT2D eigenvalue weighted by Crippen LogP contribution is 2.31. The van der Waals surface area contributed by atoms with Crippen LogP contribution in [-0.2, 0) is 5.41 Å². The zero-order valence-electron chi connectivity index (χ0n) is 12.1. The summed E-state index contributed by atoms with van der Waals surface area (Å²) in [6.45, 7) is 11.0. The molecule has 1 aromatic carbocycles. The fourth-order valence-corrected chi connectivity index (χ4v) is 2.58. The molecule has 2 aromatic rings. The average molecular weight is 319 g/mol. The molecule has 0 saturated heterocycles. The van der Waals surface area contributed by atoms with E-state index in [-0.39, 0.29) is 5.41 Å². The monoisotopic (exact) mass is 318 g/mol. The van der Waals surface area contributed by atoms with E-state index in [9.17, 15) is 0 Å². The molecule has 3 heteroatoms. The first-order valence-electron chi connectivity index (χ1n) is 6.39. The van der Waals surface area contributed by atoms with Crippen LogP contribution in [0.15, 0.2) is 29.1 Å². The summed E-state index contributed by atoms with van der Waals surface area (Å²) < 4.78 is 0.628. The van der Waals surface area contributed by atoms with Crippen molar-refractivity contribution in [3.63, 3.8) is 0 Å². The molecule has 0 aliphatic carbocycles. The first-order valence-corrected chi connectivity index (χ1v) is 7.19. The van der Waals surface area contributed by atoms with Crippen molar-refractivity contribution in [2.45, 2.75) is 40.0 Å². The van der Waals surface area contributed by atoms with Crippen LogP contribution in [0.4, 0.5) is 0 Å². The van der Waals surface area contributed by atoms with E-state index in [1.807, 2.05) is 6.07 Å². The van der Waals surface area contributed by atoms with E-state index in [4.69, 9.17) is 0 Å². The predicted octanol–water partition coefficient (Wildman–Crippen LogP) is 4.82. The molecular formula is C16H19BrN2. The van der Waals surface area contributed by atoms with Crippen LogP contribution in [0.2, 0.25) is 0 Å². The third kappa shape index (κ3) is 3.03. The van der Waals surface area contributed by atoms with Crippen LogP contribution in [0.3, 0.4) is 0 Å². The van der Waals surface area contributed by atoms with Crippen LogP contribution in [0.5, 0.6) is 0 Å². The van der Waals surface area contributed by atoms with E-state index in [2.05, 4.69) is 72.6 Å². The van der Waals surface area contributed by atoms with Crippen LogP contribution in [0.1, 0.15) is 37.5 Å². The third-order valence-corrected chi connectivity index (χ3v) is 3.66. The second kappa shape index (κ2) is 5.04. The standard InChI is InChI=1S/C16H19BrN2/c1-10-8-12(16(3,4)5)9-11(2)14(10)13-6-7-18-15(17)19-13/h6-9H,1-5H3. The van der Waals surface area contributed by atoms with Gasteiger partial charge in [-0.2, -0.15) is 0 Å². The smallest absolute Gasteiger partial charge is 0.197 e. The Hall–Kier alpha value is -1.22. The largest absolute Gasteiger partial charge is 0.231 e. The number of rotatable bonds is 1.